The molecule has 1 aliphatic heterocycles. The highest BCUT2D eigenvalue weighted by molar-refractivity contribution is 6.64. The lowest BCUT2D eigenvalue weighted by Gasteiger charge is -2.17. The van der Waals surface area contributed by atoms with Gasteiger partial charge in [-0.15, -0.1) is 0 Å². The van der Waals surface area contributed by atoms with Gasteiger partial charge in [0.1, 0.15) is 0 Å². The van der Waals surface area contributed by atoms with Gasteiger partial charge in [-0.05, 0) is 29.8 Å². The van der Waals surface area contributed by atoms with E-state index in [9.17, 15) is 22.8 Å². The molecule has 0 N–H and O–H groups in total. The third-order valence-corrected chi connectivity index (χ3v) is 3.24. The molecule has 1 amide bonds. The average molecular weight is 292 g/mol. The number of benzene rings is 1. The Morgan fingerprint density at radius 3 is 2.58 bits per heavy atom. The van der Waals surface area contributed by atoms with Gasteiger partial charge in [-0.25, -0.2) is 0 Å². The van der Waals surface area contributed by atoms with Crippen LogP contribution in [0.1, 0.15) is 12.0 Å². The van der Waals surface area contributed by atoms with Gasteiger partial charge in [-0.2, -0.15) is 13.2 Å². The fraction of sp³-hybridized carbons (Fsp3) is 0.333. The van der Waals surface area contributed by atoms with Crippen LogP contribution in [0.5, 0.6) is 0 Å². The molecule has 1 aromatic rings. The first-order valence-electron chi connectivity index (χ1n) is 5.46. The smallest absolute Gasteiger partial charge is 0.312 e. The molecular weight excluding hydrogens is 283 g/mol. The second-order valence-electron chi connectivity index (χ2n) is 4.26. The number of anilines is 1. The number of hydrogen-bond acceptors (Lipinski definition) is 2. The molecule has 1 unspecified atom stereocenters. The highest BCUT2D eigenvalue weighted by atomic mass is 35.5. The Morgan fingerprint density at radius 1 is 1.37 bits per heavy atom. The third kappa shape index (κ3) is 2.89. The van der Waals surface area contributed by atoms with Crippen molar-refractivity contribution in [1.82, 2.24) is 0 Å². The van der Waals surface area contributed by atoms with Crippen LogP contribution in [0.4, 0.5) is 18.9 Å². The lowest BCUT2D eigenvalue weighted by molar-refractivity contribution is -0.137. The van der Waals surface area contributed by atoms with Crippen molar-refractivity contribution < 1.29 is 22.8 Å². The van der Waals surface area contributed by atoms with Gasteiger partial charge >= 0.3 is 6.18 Å². The molecular formula is C12H9ClF3NO2. The highest BCUT2D eigenvalue weighted by Gasteiger charge is 2.36. The Morgan fingerprint density at radius 2 is 2.05 bits per heavy atom. The second-order valence-corrected chi connectivity index (χ2v) is 4.63. The van der Waals surface area contributed by atoms with Crippen molar-refractivity contribution in [3.8, 4) is 0 Å². The van der Waals surface area contributed by atoms with E-state index in [1.54, 1.807) is 0 Å². The van der Waals surface area contributed by atoms with Gasteiger partial charge in [0.25, 0.3) is 0 Å². The predicted octanol–water partition coefficient (Wildman–Crippen LogP) is 2.82. The van der Waals surface area contributed by atoms with Gasteiger partial charge in [-0.1, -0.05) is 6.07 Å². The second kappa shape index (κ2) is 4.85. The van der Waals surface area contributed by atoms with Crippen LogP contribution in [-0.4, -0.2) is 17.7 Å². The normalized spacial score (nSPS) is 19.9. The molecule has 102 valence electrons. The zero-order valence-corrected chi connectivity index (χ0v) is 10.3. The van der Waals surface area contributed by atoms with Crippen LogP contribution in [0.25, 0.3) is 0 Å². The van der Waals surface area contributed by atoms with Crippen LogP contribution >= 0.6 is 11.6 Å². The summed E-state index contributed by atoms with van der Waals surface area (Å²) in [5.41, 5.74) is -0.710. The molecule has 3 nitrogen and oxygen atoms in total. The van der Waals surface area contributed by atoms with E-state index in [4.69, 9.17) is 11.6 Å². The minimum absolute atomic E-state index is 0.0163. The molecule has 19 heavy (non-hydrogen) atoms. The molecule has 1 atom stereocenters. The molecule has 2 rings (SSSR count). The van der Waals surface area contributed by atoms with Gasteiger partial charge in [0.2, 0.25) is 11.1 Å². The summed E-state index contributed by atoms with van der Waals surface area (Å²) in [6.45, 7) is 0.0163. The molecule has 0 radical (unpaired) electrons. The van der Waals surface area contributed by atoms with Gasteiger partial charge < -0.3 is 4.90 Å². The van der Waals surface area contributed by atoms with E-state index < -0.39 is 28.8 Å². The lowest BCUT2D eigenvalue weighted by Crippen LogP contribution is -2.25. The summed E-state index contributed by atoms with van der Waals surface area (Å²) in [6.07, 6.45) is -4.54. The van der Waals surface area contributed by atoms with Crippen LogP contribution in [0.2, 0.25) is 0 Å². The van der Waals surface area contributed by atoms with Crippen LogP contribution in [0.15, 0.2) is 24.3 Å². The summed E-state index contributed by atoms with van der Waals surface area (Å²) >= 11 is 5.31. The zero-order chi connectivity index (χ0) is 14.2. The minimum atomic E-state index is -4.47. The lowest BCUT2D eigenvalue weighted by atomic mass is 10.1. The van der Waals surface area contributed by atoms with E-state index in [-0.39, 0.29) is 18.7 Å². The van der Waals surface area contributed by atoms with Gasteiger partial charge in [0, 0.05) is 18.7 Å². The Hall–Kier alpha value is -1.56. The molecule has 0 aliphatic carbocycles. The molecule has 1 heterocycles. The summed E-state index contributed by atoms with van der Waals surface area (Å²) in [5, 5.41) is -0.650. The van der Waals surface area contributed by atoms with Crippen molar-refractivity contribution in [1.29, 1.82) is 0 Å². The van der Waals surface area contributed by atoms with Crippen molar-refractivity contribution in [3.05, 3.63) is 29.8 Å². The Bertz CT molecular complexity index is 530. The van der Waals surface area contributed by atoms with E-state index >= 15 is 0 Å². The number of amides is 1. The van der Waals surface area contributed by atoms with Gasteiger partial charge in [0.15, 0.2) is 0 Å². The molecule has 0 bridgehead atoms. The molecule has 0 saturated carbocycles. The molecule has 1 saturated heterocycles. The number of nitrogens with zero attached hydrogens (tertiary/aromatic N) is 1. The predicted molar refractivity (Wildman–Crippen MR) is 62.8 cm³/mol. The number of halogens is 4. The molecule has 7 heteroatoms. The summed E-state index contributed by atoms with van der Waals surface area (Å²) in [6, 6.07) is 4.43. The third-order valence-electron chi connectivity index (χ3n) is 2.93. The monoisotopic (exact) mass is 291 g/mol. The van der Waals surface area contributed by atoms with Crippen molar-refractivity contribution in [2.45, 2.75) is 12.6 Å². The van der Waals surface area contributed by atoms with Crippen molar-refractivity contribution in [2.75, 3.05) is 11.4 Å². The van der Waals surface area contributed by atoms with Crippen molar-refractivity contribution in [3.63, 3.8) is 0 Å². The van der Waals surface area contributed by atoms with E-state index in [0.29, 0.717) is 0 Å². The van der Waals surface area contributed by atoms with Crippen LogP contribution < -0.4 is 4.90 Å². The minimum Gasteiger partial charge on any atom is -0.312 e. The number of carbonyl (C=O) groups excluding carboxylic acids is 2. The standard InChI is InChI=1S/C12H9ClF3NO2/c13-11(19)7-4-10(18)17(6-7)9-3-1-2-8(5-9)12(14,15)16/h1-3,5,7H,4,6H2. The fourth-order valence-electron chi connectivity index (χ4n) is 1.96. The van der Waals surface area contributed by atoms with Crippen LogP contribution in [0.3, 0.4) is 0 Å². The maximum atomic E-state index is 12.6. The first-order chi connectivity index (χ1) is 8.79. The zero-order valence-electron chi connectivity index (χ0n) is 9.58. The maximum absolute atomic E-state index is 12.6. The van der Waals surface area contributed by atoms with Crippen LogP contribution in [0, 0.1) is 5.92 Å². The number of carbonyl (C=O) groups is 2. The maximum Gasteiger partial charge on any atom is 0.416 e. The summed E-state index contributed by atoms with van der Waals surface area (Å²) in [5.74, 6) is -1.07. The molecule has 1 aliphatic rings. The Labute approximate surface area is 111 Å². The van der Waals surface area contributed by atoms with Crippen LogP contribution in [-0.2, 0) is 15.8 Å². The number of alkyl halides is 3. The quantitative estimate of drug-likeness (QED) is 0.786. The van der Waals surface area contributed by atoms with Gasteiger partial charge in [0.05, 0.1) is 11.5 Å². The average Bonchev–Trinajstić information content (AvgIpc) is 2.71. The molecule has 0 aromatic heterocycles. The van der Waals surface area contributed by atoms with E-state index in [0.717, 1.165) is 17.0 Å². The number of hydrogen-bond donors (Lipinski definition) is 0. The van der Waals surface area contributed by atoms with Gasteiger partial charge in [-0.3, -0.25) is 9.59 Å². The van der Waals surface area contributed by atoms with Crippen molar-refractivity contribution >= 4 is 28.4 Å². The summed E-state index contributed by atoms with van der Waals surface area (Å²) in [7, 11) is 0. The first kappa shape index (κ1) is 13.9. The Kier molecular flexibility index (Phi) is 3.54. The van der Waals surface area contributed by atoms with E-state index in [1.807, 2.05) is 0 Å². The summed E-state index contributed by atoms with van der Waals surface area (Å²) < 4.78 is 37.7. The fourth-order valence-corrected chi connectivity index (χ4v) is 2.11. The molecule has 1 fully saturated rings. The first-order valence-corrected chi connectivity index (χ1v) is 5.84. The number of rotatable bonds is 2. The molecule has 1 aromatic carbocycles. The largest absolute Gasteiger partial charge is 0.416 e. The molecule has 0 spiro atoms. The summed E-state index contributed by atoms with van der Waals surface area (Å²) in [4.78, 5) is 23.8. The van der Waals surface area contributed by atoms with E-state index in [1.165, 1.54) is 12.1 Å². The van der Waals surface area contributed by atoms with E-state index in [2.05, 4.69) is 0 Å². The Balaban J connectivity index is 2.28. The highest BCUT2D eigenvalue weighted by Crippen LogP contribution is 2.33. The SMILES string of the molecule is O=C(Cl)C1CC(=O)N(c2cccc(C(F)(F)F)c2)C1. The van der Waals surface area contributed by atoms with Crippen molar-refractivity contribution in [2.24, 2.45) is 5.92 Å². The topological polar surface area (TPSA) is 37.4 Å².